The highest BCUT2D eigenvalue weighted by Crippen LogP contribution is 2.12. The predicted molar refractivity (Wildman–Crippen MR) is 101 cm³/mol. The second-order valence-corrected chi connectivity index (χ2v) is 4.96. The molecule has 0 amide bonds. The molecule has 1 unspecified atom stereocenters. The highest BCUT2D eigenvalue weighted by Gasteiger charge is 2.07. The van der Waals surface area contributed by atoms with E-state index in [-0.39, 0.29) is 12.6 Å². The van der Waals surface area contributed by atoms with Gasteiger partial charge in [0.05, 0.1) is 13.2 Å². The van der Waals surface area contributed by atoms with E-state index >= 15 is 0 Å². The quantitative estimate of drug-likeness (QED) is 0.341. The zero-order valence-electron chi connectivity index (χ0n) is 16.0. The number of hydrogen-bond donors (Lipinski definition) is 2. The summed E-state index contributed by atoms with van der Waals surface area (Å²) in [5.74, 6) is -2.08. The van der Waals surface area contributed by atoms with Gasteiger partial charge in [-0.1, -0.05) is 46.3 Å². The first-order chi connectivity index (χ1) is 12.2. The molecule has 0 heterocycles. The summed E-state index contributed by atoms with van der Waals surface area (Å²) in [5.41, 5.74) is 0. The Labute approximate surface area is 156 Å². The zero-order valence-corrected chi connectivity index (χ0v) is 16.0. The van der Waals surface area contributed by atoms with E-state index in [1.54, 1.807) is 6.92 Å². The van der Waals surface area contributed by atoms with Crippen LogP contribution in [-0.4, -0.2) is 41.3 Å². The molecule has 0 spiro atoms. The fourth-order valence-corrected chi connectivity index (χ4v) is 1.37. The number of rotatable bonds is 10. The summed E-state index contributed by atoms with van der Waals surface area (Å²) in [7, 11) is 0. The van der Waals surface area contributed by atoms with Gasteiger partial charge in [-0.25, -0.2) is 14.4 Å². The Balaban J connectivity index is -0.000000346. The summed E-state index contributed by atoms with van der Waals surface area (Å²) in [5, 5.41) is 15.9. The summed E-state index contributed by atoms with van der Waals surface area (Å²) in [6, 6.07) is 0. The van der Waals surface area contributed by atoms with E-state index in [1.165, 1.54) is 18.9 Å². The largest absolute Gasteiger partial charge is 0.502 e. The van der Waals surface area contributed by atoms with Crippen LogP contribution >= 0.6 is 0 Å². The smallest absolute Gasteiger partial charge is 0.372 e. The monoisotopic (exact) mass is 372 g/mol. The van der Waals surface area contributed by atoms with Crippen molar-refractivity contribution < 1.29 is 34.1 Å². The Bertz CT molecular complexity index is 441. The van der Waals surface area contributed by atoms with Gasteiger partial charge in [0.25, 0.3) is 0 Å². The lowest BCUT2D eigenvalue weighted by Gasteiger charge is -2.13. The minimum absolute atomic E-state index is 0.262. The molecule has 0 aromatic carbocycles. The Morgan fingerprint density at radius 2 is 1.58 bits per heavy atom. The molecule has 0 aliphatic heterocycles. The highest BCUT2D eigenvalue weighted by atomic mass is 16.5. The molecule has 1 atom stereocenters. The first kappa shape index (κ1) is 28.2. The van der Waals surface area contributed by atoms with Crippen molar-refractivity contribution in [1.82, 2.24) is 0 Å². The van der Waals surface area contributed by atoms with Crippen LogP contribution in [0.1, 0.15) is 46.5 Å². The van der Waals surface area contributed by atoms with E-state index in [4.69, 9.17) is 14.9 Å². The van der Waals surface area contributed by atoms with Crippen molar-refractivity contribution in [2.45, 2.75) is 46.5 Å². The van der Waals surface area contributed by atoms with Gasteiger partial charge >= 0.3 is 17.9 Å². The maximum absolute atomic E-state index is 10.8. The molecule has 0 rings (SSSR count). The van der Waals surface area contributed by atoms with E-state index in [0.29, 0.717) is 12.5 Å². The van der Waals surface area contributed by atoms with Crippen molar-refractivity contribution in [3.05, 3.63) is 37.6 Å². The molecule has 0 aromatic heterocycles. The van der Waals surface area contributed by atoms with Crippen molar-refractivity contribution in [2.24, 2.45) is 5.92 Å². The molecular weight excluding hydrogens is 340 g/mol. The van der Waals surface area contributed by atoms with Gasteiger partial charge < -0.3 is 19.7 Å². The summed E-state index contributed by atoms with van der Waals surface area (Å²) in [6.07, 6.45) is 6.68. The van der Waals surface area contributed by atoms with Gasteiger partial charge in [-0.2, -0.15) is 0 Å². The second kappa shape index (κ2) is 20.5. The second-order valence-electron chi connectivity index (χ2n) is 4.96. The lowest BCUT2D eigenvalue weighted by atomic mass is 10.0. The van der Waals surface area contributed by atoms with Crippen molar-refractivity contribution in [2.75, 3.05) is 13.2 Å². The maximum Gasteiger partial charge on any atom is 0.372 e. The Morgan fingerprint density at radius 3 is 1.85 bits per heavy atom. The maximum atomic E-state index is 10.8. The summed E-state index contributed by atoms with van der Waals surface area (Å²) >= 11 is 0. The first-order valence-corrected chi connectivity index (χ1v) is 8.39. The number of esters is 2. The van der Waals surface area contributed by atoms with E-state index in [2.05, 4.69) is 38.3 Å². The molecule has 0 aliphatic rings. The Hall–Kier alpha value is -2.57. The SMILES string of the molecule is C=C(O)C(=O)OCC.C=CC(=O)O.C=CC(=O)OCC(CC)CCCC. The molecule has 0 aliphatic carbocycles. The molecule has 7 heteroatoms. The molecule has 0 bridgehead atoms. The minimum atomic E-state index is -0.981. The third-order valence-corrected chi connectivity index (χ3v) is 2.86. The number of ether oxygens (including phenoxy) is 2. The van der Waals surface area contributed by atoms with E-state index in [9.17, 15) is 14.4 Å². The molecule has 150 valence electrons. The first-order valence-electron chi connectivity index (χ1n) is 8.39. The van der Waals surface area contributed by atoms with E-state index in [1.807, 2.05) is 0 Å². The fraction of sp³-hybridized carbons (Fsp3) is 0.526. The zero-order chi connectivity index (χ0) is 21.0. The average molecular weight is 372 g/mol. The van der Waals surface area contributed by atoms with Crippen LogP contribution in [0.3, 0.4) is 0 Å². The number of carbonyl (C=O) groups excluding carboxylic acids is 2. The van der Waals surface area contributed by atoms with Gasteiger partial charge in [0.2, 0.25) is 0 Å². The number of aliphatic carboxylic acids is 1. The van der Waals surface area contributed by atoms with Crippen LogP contribution in [0.2, 0.25) is 0 Å². The molecule has 0 fully saturated rings. The third kappa shape index (κ3) is 23.7. The van der Waals surface area contributed by atoms with Crippen molar-refractivity contribution in [1.29, 1.82) is 0 Å². The average Bonchev–Trinajstić information content (AvgIpc) is 2.62. The van der Waals surface area contributed by atoms with Crippen LogP contribution in [0, 0.1) is 5.92 Å². The molecule has 0 radical (unpaired) electrons. The van der Waals surface area contributed by atoms with Crippen LogP contribution in [0.25, 0.3) is 0 Å². The van der Waals surface area contributed by atoms with Crippen molar-refractivity contribution in [3.8, 4) is 0 Å². The number of aliphatic hydroxyl groups is 1. The fourth-order valence-electron chi connectivity index (χ4n) is 1.37. The number of unbranched alkanes of at least 4 members (excludes halogenated alkanes) is 1. The number of carboxylic acids is 1. The van der Waals surface area contributed by atoms with Gasteiger partial charge in [0.1, 0.15) is 0 Å². The number of aliphatic hydroxyl groups excluding tert-OH is 1. The number of hydrogen-bond acceptors (Lipinski definition) is 6. The van der Waals surface area contributed by atoms with Gasteiger partial charge in [0.15, 0.2) is 5.76 Å². The molecule has 0 saturated carbocycles. The Kier molecular flexibility index (Phi) is 22.2. The Morgan fingerprint density at radius 1 is 1.04 bits per heavy atom. The van der Waals surface area contributed by atoms with Crippen LogP contribution in [0.4, 0.5) is 0 Å². The van der Waals surface area contributed by atoms with Crippen LogP contribution in [0.15, 0.2) is 37.6 Å². The van der Waals surface area contributed by atoms with Crippen LogP contribution in [0.5, 0.6) is 0 Å². The van der Waals surface area contributed by atoms with E-state index < -0.39 is 17.7 Å². The van der Waals surface area contributed by atoms with Gasteiger partial charge in [-0.15, -0.1) is 0 Å². The topological polar surface area (TPSA) is 110 Å². The molecule has 2 N–H and O–H groups in total. The van der Waals surface area contributed by atoms with Gasteiger partial charge in [-0.3, -0.25) is 0 Å². The highest BCUT2D eigenvalue weighted by molar-refractivity contribution is 5.84. The van der Waals surface area contributed by atoms with Crippen LogP contribution < -0.4 is 0 Å². The van der Waals surface area contributed by atoms with Gasteiger partial charge in [0, 0.05) is 12.2 Å². The molecule has 0 saturated heterocycles. The van der Waals surface area contributed by atoms with Crippen molar-refractivity contribution in [3.63, 3.8) is 0 Å². The summed E-state index contributed by atoms with van der Waals surface area (Å²) in [4.78, 5) is 30.2. The molecular formula is C19H32O7. The molecule has 0 aromatic rings. The normalized spacial score (nSPS) is 9.81. The predicted octanol–water partition coefficient (Wildman–Crippen LogP) is 3.81. The van der Waals surface area contributed by atoms with Gasteiger partial charge in [-0.05, 0) is 25.8 Å². The summed E-state index contributed by atoms with van der Waals surface area (Å²) < 4.78 is 9.30. The molecule has 26 heavy (non-hydrogen) atoms. The van der Waals surface area contributed by atoms with E-state index in [0.717, 1.165) is 18.9 Å². The standard InChI is InChI=1S/C11H20O2.C5H8O3.C3H4O2/c1-4-7-8-10(5-2)9-13-11(12)6-3;1-3-8-5(7)4(2)6;1-2-3(4)5/h6,10H,3-5,7-9H2,1-2H3;6H,2-3H2,1H3;2H,1H2,(H,4,5). The third-order valence-electron chi connectivity index (χ3n) is 2.86. The lowest BCUT2D eigenvalue weighted by Crippen LogP contribution is -2.12. The summed E-state index contributed by atoms with van der Waals surface area (Å²) in [6.45, 7) is 16.0. The molecule has 7 nitrogen and oxygen atoms in total. The van der Waals surface area contributed by atoms with Crippen LogP contribution in [-0.2, 0) is 23.9 Å². The van der Waals surface area contributed by atoms with Crippen molar-refractivity contribution >= 4 is 17.9 Å². The minimum Gasteiger partial charge on any atom is -0.502 e. The number of carboxylic acid groups (broad SMARTS) is 1. The number of carbonyl (C=O) groups is 3. The lowest BCUT2D eigenvalue weighted by molar-refractivity contribution is -0.141.